The SMILES string of the molecule is CCCc1n[nH]c(=S)n1Cc1nc(C)c(C)o1. The molecule has 0 saturated heterocycles. The molecule has 2 rings (SSSR count). The van der Waals surface area contributed by atoms with Gasteiger partial charge in [0, 0.05) is 6.42 Å². The summed E-state index contributed by atoms with van der Waals surface area (Å²) in [5.41, 5.74) is 0.923. The van der Waals surface area contributed by atoms with Crippen molar-refractivity contribution in [3.63, 3.8) is 0 Å². The lowest BCUT2D eigenvalue weighted by atomic mass is 10.3. The van der Waals surface area contributed by atoms with Crippen LogP contribution >= 0.6 is 12.2 Å². The molecule has 0 aromatic carbocycles. The fourth-order valence-corrected chi connectivity index (χ4v) is 1.89. The van der Waals surface area contributed by atoms with Gasteiger partial charge in [0.1, 0.15) is 18.1 Å². The highest BCUT2D eigenvalue weighted by Crippen LogP contribution is 2.11. The first-order chi connectivity index (χ1) is 8.11. The van der Waals surface area contributed by atoms with Crippen LogP contribution in [0.5, 0.6) is 0 Å². The van der Waals surface area contributed by atoms with Gasteiger partial charge >= 0.3 is 0 Å². The molecule has 0 bridgehead atoms. The van der Waals surface area contributed by atoms with Gasteiger partial charge in [0.2, 0.25) is 5.89 Å². The van der Waals surface area contributed by atoms with Crippen molar-refractivity contribution in [1.29, 1.82) is 0 Å². The summed E-state index contributed by atoms with van der Waals surface area (Å²) in [6.45, 7) is 6.50. The fraction of sp³-hybridized carbons (Fsp3) is 0.545. The van der Waals surface area contributed by atoms with Gasteiger partial charge in [-0.05, 0) is 32.5 Å². The zero-order valence-electron chi connectivity index (χ0n) is 10.3. The summed E-state index contributed by atoms with van der Waals surface area (Å²) in [4.78, 5) is 4.35. The maximum absolute atomic E-state index is 5.56. The van der Waals surface area contributed by atoms with Crippen LogP contribution in [0.4, 0.5) is 0 Å². The molecule has 0 radical (unpaired) electrons. The number of nitrogens with one attached hydrogen (secondary N) is 1. The van der Waals surface area contributed by atoms with E-state index >= 15 is 0 Å². The predicted molar refractivity (Wildman–Crippen MR) is 66.5 cm³/mol. The molecule has 0 aliphatic heterocycles. The van der Waals surface area contributed by atoms with E-state index in [1.807, 2.05) is 18.4 Å². The van der Waals surface area contributed by atoms with Crippen molar-refractivity contribution in [2.75, 3.05) is 0 Å². The topological polar surface area (TPSA) is 59.6 Å². The van der Waals surface area contributed by atoms with Gasteiger partial charge in [0.25, 0.3) is 0 Å². The number of rotatable bonds is 4. The lowest BCUT2D eigenvalue weighted by Gasteiger charge is -2.02. The van der Waals surface area contributed by atoms with Crippen LogP contribution in [-0.2, 0) is 13.0 Å². The molecule has 0 amide bonds. The normalized spacial score (nSPS) is 11.0. The second-order valence-corrected chi connectivity index (χ2v) is 4.42. The van der Waals surface area contributed by atoms with E-state index in [2.05, 4.69) is 22.1 Å². The monoisotopic (exact) mass is 252 g/mol. The highest BCUT2D eigenvalue weighted by atomic mass is 32.1. The van der Waals surface area contributed by atoms with Crippen LogP contribution in [0.2, 0.25) is 0 Å². The number of hydrogen-bond acceptors (Lipinski definition) is 4. The van der Waals surface area contributed by atoms with Crippen molar-refractivity contribution in [3.8, 4) is 0 Å². The maximum Gasteiger partial charge on any atom is 0.214 e. The van der Waals surface area contributed by atoms with Crippen LogP contribution in [0.1, 0.15) is 36.5 Å². The summed E-state index contributed by atoms with van der Waals surface area (Å²) in [6, 6.07) is 0. The molecule has 0 fully saturated rings. The molecule has 92 valence electrons. The number of aromatic nitrogens is 4. The molecule has 2 aromatic rings. The van der Waals surface area contributed by atoms with Gasteiger partial charge in [0.05, 0.1) is 5.69 Å². The van der Waals surface area contributed by atoms with Gasteiger partial charge in [-0.25, -0.2) is 4.98 Å². The minimum absolute atomic E-state index is 0.541. The molecule has 0 spiro atoms. The lowest BCUT2D eigenvalue weighted by Crippen LogP contribution is -2.05. The molecule has 2 aromatic heterocycles. The van der Waals surface area contributed by atoms with Crippen molar-refractivity contribution in [3.05, 3.63) is 27.9 Å². The van der Waals surface area contributed by atoms with E-state index in [1.54, 1.807) is 0 Å². The van der Waals surface area contributed by atoms with E-state index in [0.29, 0.717) is 17.2 Å². The minimum Gasteiger partial charge on any atom is -0.444 e. The van der Waals surface area contributed by atoms with Crippen molar-refractivity contribution in [2.45, 2.75) is 40.2 Å². The third-order valence-corrected chi connectivity index (χ3v) is 2.99. The zero-order chi connectivity index (χ0) is 12.4. The van der Waals surface area contributed by atoms with Crippen LogP contribution in [0.3, 0.4) is 0 Å². The van der Waals surface area contributed by atoms with Crippen molar-refractivity contribution >= 4 is 12.2 Å². The Morgan fingerprint density at radius 2 is 2.18 bits per heavy atom. The van der Waals surface area contributed by atoms with Crippen LogP contribution in [0.15, 0.2) is 4.42 Å². The molecule has 0 atom stereocenters. The average molecular weight is 252 g/mol. The number of oxazole rings is 1. The van der Waals surface area contributed by atoms with Crippen LogP contribution in [-0.4, -0.2) is 19.7 Å². The van der Waals surface area contributed by atoms with Gasteiger partial charge < -0.3 is 4.42 Å². The van der Waals surface area contributed by atoms with E-state index < -0.39 is 0 Å². The van der Waals surface area contributed by atoms with Gasteiger partial charge in [0.15, 0.2) is 4.77 Å². The van der Waals surface area contributed by atoms with E-state index in [1.165, 1.54) is 0 Å². The first-order valence-corrected chi connectivity index (χ1v) is 6.09. The second kappa shape index (κ2) is 4.83. The Morgan fingerprint density at radius 3 is 2.76 bits per heavy atom. The third-order valence-electron chi connectivity index (χ3n) is 2.68. The Morgan fingerprint density at radius 1 is 1.41 bits per heavy atom. The summed E-state index contributed by atoms with van der Waals surface area (Å²) >= 11 is 5.20. The Labute approximate surface area is 105 Å². The van der Waals surface area contributed by atoms with Crippen molar-refractivity contribution < 1.29 is 4.42 Å². The van der Waals surface area contributed by atoms with Crippen molar-refractivity contribution in [1.82, 2.24) is 19.7 Å². The first-order valence-electron chi connectivity index (χ1n) is 5.68. The Hall–Kier alpha value is -1.43. The van der Waals surface area contributed by atoms with E-state index in [-0.39, 0.29) is 0 Å². The Balaban J connectivity index is 2.29. The number of nitrogens with zero attached hydrogens (tertiary/aromatic N) is 3. The summed E-state index contributed by atoms with van der Waals surface area (Å²) in [5, 5.41) is 7.02. The highest BCUT2D eigenvalue weighted by molar-refractivity contribution is 7.71. The molecule has 0 aliphatic carbocycles. The van der Waals surface area contributed by atoms with Gasteiger partial charge in [-0.1, -0.05) is 6.92 Å². The smallest absolute Gasteiger partial charge is 0.214 e. The zero-order valence-corrected chi connectivity index (χ0v) is 11.1. The molecular weight excluding hydrogens is 236 g/mol. The maximum atomic E-state index is 5.56. The van der Waals surface area contributed by atoms with Crippen LogP contribution < -0.4 is 0 Å². The quantitative estimate of drug-likeness (QED) is 0.849. The Bertz CT molecular complexity index is 547. The largest absolute Gasteiger partial charge is 0.444 e. The van der Waals surface area contributed by atoms with Gasteiger partial charge in [-0.2, -0.15) is 5.10 Å². The van der Waals surface area contributed by atoms with Crippen molar-refractivity contribution in [2.24, 2.45) is 0 Å². The summed E-state index contributed by atoms with van der Waals surface area (Å²) in [7, 11) is 0. The summed E-state index contributed by atoms with van der Waals surface area (Å²) < 4.78 is 8.10. The molecule has 0 unspecified atom stereocenters. The molecule has 2 heterocycles. The average Bonchev–Trinajstić information content (AvgIpc) is 2.77. The van der Waals surface area contributed by atoms with E-state index in [4.69, 9.17) is 16.6 Å². The van der Waals surface area contributed by atoms with E-state index in [0.717, 1.165) is 30.1 Å². The third kappa shape index (κ3) is 2.46. The molecule has 17 heavy (non-hydrogen) atoms. The standard InChI is InChI=1S/C11H16N4OS/c1-4-5-9-13-14-11(17)15(9)6-10-12-7(2)8(3)16-10/h4-6H2,1-3H3,(H,14,17). The fourth-order valence-electron chi connectivity index (χ4n) is 1.67. The van der Waals surface area contributed by atoms with Crippen LogP contribution in [0.25, 0.3) is 0 Å². The van der Waals surface area contributed by atoms with Gasteiger partial charge in [-0.15, -0.1) is 0 Å². The van der Waals surface area contributed by atoms with E-state index in [9.17, 15) is 0 Å². The summed E-state index contributed by atoms with van der Waals surface area (Å²) in [5.74, 6) is 2.48. The number of H-pyrrole nitrogens is 1. The number of aromatic amines is 1. The predicted octanol–water partition coefficient (Wildman–Crippen LogP) is 2.55. The Kier molecular flexibility index (Phi) is 3.42. The second-order valence-electron chi connectivity index (χ2n) is 4.03. The molecule has 0 saturated carbocycles. The first kappa shape index (κ1) is 12.0. The molecule has 6 heteroatoms. The summed E-state index contributed by atoms with van der Waals surface area (Å²) in [6.07, 6.45) is 1.93. The molecule has 5 nitrogen and oxygen atoms in total. The molecule has 0 aliphatic rings. The lowest BCUT2D eigenvalue weighted by molar-refractivity contribution is 0.451. The molecular formula is C11H16N4OS. The van der Waals surface area contributed by atoms with Gasteiger partial charge in [-0.3, -0.25) is 9.67 Å². The highest BCUT2D eigenvalue weighted by Gasteiger charge is 2.10. The van der Waals surface area contributed by atoms with Crippen LogP contribution in [0, 0.1) is 18.6 Å². The number of hydrogen-bond donors (Lipinski definition) is 1. The number of aryl methyl sites for hydroxylation is 3. The minimum atomic E-state index is 0.541. The molecule has 1 N–H and O–H groups in total.